The zero-order valence-electron chi connectivity index (χ0n) is 19.7. The Morgan fingerprint density at radius 2 is 2.03 bits per heavy atom. The molecule has 6 nitrogen and oxygen atoms in total. The molecule has 2 unspecified atom stereocenters. The number of ether oxygens (including phenoxy) is 1. The molecule has 0 aliphatic carbocycles. The Balaban J connectivity index is 1.68. The highest BCUT2D eigenvalue weighted by Gasteiger charge is 2.34. The maximum Gasteiger partial charge on any atom is 0.416 e. The summed E-state index contributed by atoms with van der Waals surface area (Å²) >= 11 is 0. The van der Waals surface area contributed by atoms with Crippen molar-refractivity contribution in [2.45, 2.75) is 45.2 Å². The van der Waals surface area contributed by atoms with Crippen LogP contribution in [0.2, 0.25) is 0 Å². The van der Waals surface area contributed by atoms with E-state index in [-0.39, 0.29) is 31.4 Å². The average molecular weight is 488 g/mol. The molecule has 3 heterocycles. The second-order valence-corrected chi connectivity index (χ2v) is 8.88. The monoisotopic (exact) mass is 487 g/mol. The predicted molar refractivity (Wildman–Crippen MR) is 124 cm³/mol. The van der Waals surface area contributed by atoms with Crippen LogP contribution in [0.1, 0.15) is 54.5 Å². The number of aromatic nitrogens is 2. The first kappa shape index (κ1) is 24.8. The second-order valence-electron chi connectivity index (χ2n) is 8.88. The van der Waals surface area contributed by atoms with Crippen molar-refractivity contribution in [1.29, 1.82) is 0 Å². The lowest BCUT2D eigenvalue weighted by Gasteiger charge is -2.32. The van der Waals surface area contributed by atoms with Crippen LogP contribution in [0.25, 0.3) is 5.65 Å². The van der Waals surface area contributed by atoms with Crippen molar-refractivity contribution in [2.75, 3.05) is 19.7 Å². The molecule has 9 heteroatoms. The van der Waals surface area contributed by atoms with E-state index in [4.69, 9.17) is 4.74 Å². The van der Waals surface area contributed by atoms with Crippen molar-refractivity contribution in [3.8, 4) is 0 Å². The summed E-state index contributed by atoms with van der Waals surface area (Å²) in [4.78, 5) is 31.7. The molecule has 2 aromatic heterocycles. The zero-order chi connectivity index (χ0) is 25.2. The standard InChI is InChI=1S/C26H28F3N3O3/c1-3-35-25(34)19-9-6-11-31(16-19)23(33)14-21(18-8-4-10-20(13-18)26(27,28)29)22-15-30-24-17(2)7-5-12-32(22)24/h4-5,7-8,10,12-13,15,19,21H,3,6,9,11,14,16H2,1-2H3. The van der Waals surface area contributed by atoms with Crippen LogP contribution in [0.3, 0.4) is 0 Å². The van der Waals surface area contributed by atoms with Crippen molar-refractivity contribution >= 4 is 17.5 Å². The number of likely N-dealkylation sites (tertiary alicyclic amines) is 1. The van der Waals surface area contributed by atoms with E-state index >= 15 is 0 Å². The summed E-state index contributed by atoms with van der Waals surface area (Å²) in [7, 11) is 0. The predicted octanol–water partition coefficient (Wildman–Crippen LogP) is 4.99. The molecule has 0 spiro atoms. The molecule has 186 valence electrons. The summed E-state index contributed by atoms with van der Waals surface area (Å²) in [5.74, 6) is -1.58. The van der Waals surface area contributed by atoms with Gasteiger partial charge < -0.3 is 14.0 Å². The maximum absolute atomic E-state index is 13.5. The molecule has 0 saturated carbocycles. The molecule has 35 heavy (non-hydrogen) atoms. The minimum Gasteiger partial charge on any atom is -0.466 e. The zero-order valence-corrected chi connectivity index (χ0v) is 19.7. The molecular weight excluding hydrogens is 459 g/mol. The van der Waals surface area contributed by atoms with Crippen molar-refractivity contribution in [3.63, 3.8) is 0 Å². The van der Waals surface area contributed by atoms with E-state index in [1.165, 1.54) is 6.07 Å². The largest absolute Gasteiger partial charge is 0.466 e. The Morgan fingerprint density at radius 1 is 1.23 bits per heavy atom. The first-order valence-electron chi connectivity index (χ1n) is 11.7. The summed E-state index contributed by atoms with van der Waals surface area (Å²) in [5.41, 5.74) is 1.86. The van der Waals surface area contributed by atoms with Gasteiger partial charge in [0.1, 0.15) is 5.65 Å². The molecule has 1 aliphatic heterocycles. The van der Waals surface area contributed by atoms with E-state index in [9.17, 15) is 22.8 Å². The van der Waals surface area contributed by atoms with Gasteiger partial charge >= 0.3 is 12.1 Å². The third-order valence-electron chi connectivity index (χ3n) is 6.51. The number of benzene rings is 1. The quantitative estimate of drug-likeness (QED) is 0.460. The van der Waals surface area contributed by atoms with Crippen LogP contribution >= 0.6 is 0 Å². The number of rotatable bonds is 6. The van der Waals surface area contributed by atoms with E-state index in [2.05, 4.69) is 4.98 Å². The fourth-order valence-electron chi connectivity index (χ4n) is 4.71. The second kappa shape index (κ2) is 10.1. The van der Waals surface area contributed by atoms with E-state index < -0.39 is 23.6 Å². The third kappa shape index (κ3) is 5.33. The van der Waals surface area contributed by atoms with Gasteiger partial charge in [-0.1, -0.05) is 24.3 Å². The minimum atomic E-state index is -4.50. The maximum atomic E-state index is 13.5. The first-order valence-corrected chi connectivity index (χ1v) is 11.7. The number of fused-ring (bicyclic) bond motifs is 1. The van der Waals surface area contributed by atoms with E-state index in [0.29, 0.717) is 36.3 Å². The van der Waals surface area contributed by atoms with Crippen LogP contribution in [-0.2, 0) is 20.5 Å². The number of esters is 1. The first-order chi connectivity index (χ1) is 16.7. The van der Waals surface area contributed by atoms with Crippen molar-refractivity contribution in [3.05, 3.63) is 71.2 Å². The number of hydrogen-bond acceptors (Lipinski definition) is 4. The normalized spacial score (nSPS) is 17.4. The molecule has 0 radical (unpaired) electrons. The van der Waals surface area contributed by atoms with Crippen molar-refractivity contribution in [1.82, 2.24) is 14.3 Å². The van der Waals surface area contributed by atoms with E-state index in [1.54, 1.807) is 30.3 Å². The number of alkyl halides is 3. The van der Waals surface area contributed by atoms with E-state index in [1.807, 2.05) is 23.5 Å². The Morgan fingerprint density at radius 3 is 2.77 bits per heavy atom. The van der Waals surface area contributed by atoms with Gasteiger partial charge in [0.15, 0.2) is 0 Å². The van der Waals surface area contributed by atoms with Gasteiger partial charge in [-0.2, -0.15) is 13.2 Å². The summed E-state index contributed by atoms with van der Waals surface area (Å²) < 4.78 is 47.4. The number of imidazole rings is 1. The van der Waals surface area contributed by atoms with Gasteiger partial charge in [-0.05, 0) is 49.9 Å². The molecule has 1 saturated heterocycles. The summed E-state index contributed by atoms with van der Waals surface area (Å²) in [6.45, 7) is 4.66. The number of piperidine rings is 1. The number of amides is 1. The molecule has 2 atom stereocenters. The molecule has 0 bridgehead atoms. The van der Waals surface area contributed by atoms with Crippen LogP contribution in [0, 0.1) is 12.8 Å². The fraction of sp³-hybridized carbons (Fsp3) is 0.423. The topological polar surface area (TPSA) is 63.9 Å². The molecule has 1 amide bonds. The molecule has 3 aromatic rings. The Bertz CT molecular complexity index is 1220. The highest BCUT2D eigenvalue weighted by Crippen LogP contribution is 2.35. The number of halogens is 3. The Kier molecular flexibility index (Phi) is 7.14. The molecule has 4 rings (SSSR count). The number of carbonyl (C=O) groups excluding carboxylic acids is 2. The average Bonchev–Trinajstić information content (AvgIpc) is 3.27. The number of aryl methyl sites for hydroxylation is 1. The number of carbonyl (C=O) groups is 2. The van der Waals surface area contributed by atoms with Crippen LogP contribution in [-0.4, -0.2) is 45.9 Å². The van der Waals surface area contributed by atoms with Crippen molar-refractivity contribution < 1.29 is 27.5 Å². The summed E-state index contributed by atoms with van der Waals surface area (Å²) in [5, 5.41) is 0. The van der Waals surface area contributed by atoms with Gasteiger partial charge in [0.2, 0.25) is 5.91 Å². The highest BCUT2D eigenvalue weighted by atomic mass is 19.4. The smallest absolute Gasteiger partial charge is 0.416 e. The molecule has 1 fully saturated rings. The van der Waals surface area contributed by atoms with Gasteiger partial charge in [-0.25, -0.2) is 4.98 Å². The Labute approximate surface area is 201 Å². The van der Waals surface area contributed by atoms with Gasteiger partial charge in [0.05, 0.1) is 23.8 Å². The number of nitrogens with zero attached hydrogens (tertiary/aromatic N) is 3. The number of hydrogen-bond donors (Lipinski definition) is 0. The lowest BCUT2D eigenvalue weighted by Crippen LogP contribution is -2.43. The molecular formula is C26H28F3N3O3. The molecule has 0 N–H and O–H groups in total. The van der Waals surface area contributed by atoms with Gasteiger partial charge in [0, 0.05) is 37.8 Å². The fourth-order valence-corrected chi connectivity index (χ4v) is 4.71. The van der Waals surface area contributed by atoms with Gasteiger partial charge in [-0.3, -0.25) is 9.59 Å². The van der Waals surface area contributed by atoms with E-state index in [0.717, 1.165) is 17.7 Å². The van der Waals surface area contributed by atoms with Crippen LogP contribution in [0.15, 0.2) is 48.8 Å². The summed E-state index contributed by atoms with van der Waals surface area (Å²) in [6.07, 6.45) is 0.190. The van der Waals surface area contributed by atoms with Crippen LogP contribution < -0.4 is 0 Å². The lowest BCUT2D eigenvalue weighted by atomic mass is 9.90. The summed E-state index contributed by atoms with van der Waals surface area (Å²) in [6, 6.07) is 8.84. The third-order valence-corrected chi connectivity index (χ3v) is 6.51. The number of pyridine rings is 1. The minimum absolute atomic E-state index is 0.0431. The van der Waals surface area contributed by atoms with Crippen LogP contribution in [0.4, 0.5) is 13.2 Å². The Hall–Kier alpha value is -3.36. The molecule has 1 aliphatic rings. The highest BCUT2D eigenvalue weighted by molar-refractivity contribution is 5.79. The molecule has 1 aromatic carbocycles. The van der Waals surface area contributed by atoms with Crippen molar-refractivity contribution in [2.24, 2.45) is 5.92 Å². The van der Waals surface area contributed by atoms with Gasteiger partial charge in [-0.15, -0.1) is 0 Å². The lowest BCUT2D eigenvalue weighted by molar-refractivity contribution is -0.151. The van der Waals surface area contributed by atoms with Gasteiger partial charge in [0.25, 0.3) is 0 Å². The SMILES string of the molecule is CCOC(=O)C1CCCN(C(=O)CC(c2cccc(C(F)(F)F)c2)c2cnc3c(C)cccn23)C1. The van der Waals surface area contributed by atoms with Crippen LogP contribution in [0.5, 0.6) is 0 Å².